The third-order valence-corrected chi connectivity index (χ3v) is 3.92. The molecule has 0 heterocycles. The first-order valence-electron chi connectivity index (χ1n) is 6.93. The molecule has 4 heteroatoms. The van der Waals surface area contributed by atoms with Gasteiger partial charge in [0.1, 0.15) is 5.82 Å². The second-order valence-corrected chi connectivity index (χ2v) is 5.36. The summed E-state index contributed by atoms with van der Waals surface area (Å²) in [6.45, 7) is 0.439. The van der Waals surface area contributed by atoms with E-state index in [1.54, 1.807) is 12.1 Å². The summed E-state index contributed by atoms with van der Waals surface area (Å²) in [5, 5.41) is 3.03. The van der Waals surface area contributed by atoms with Gasteiger partial charge in [0.25, 0.3) is 5.91 Å². The molecule has 3 nitrogen and oxygen atoms in total. The average molecular weight is 264 g/mol. The highest BCUT2D eigenvalue weighted by Gasteiger charge is 2.31. The molecule has 0 unspecified atom stereocenters. The van der Waals surface area contributed by atoms with Crippen LogP contribution in [0, 0.1) is 5.82 Å². The molecule has 1 amide bonds. The molecule has 0 bridgehead atoms. The molecule has 1 saturated carbocycles. The van der Waals surface area contributed by atoms with Crippen LogP contribution in [0.15, 0.2) is 24.3 Å². The Labute approximate surface area is 113 Å². The van der Waals surface area contributed by atoms with Crippen LogP contribution >= 0.6 is 0 Å². The number of nitrogens with two attached hydrogens (primary N) is 1. The fourth-order valence-corrected chi connectivity index (χ4v) is 2.73. The molecule has 2 rings (SSSR count). The highest BCUT2D eigenvalue weighted by molar-refractivity contribution is 5.94. The molecular weight excluding hydrogens is 243 g/mol. The molecule has 104 valence electrons. The Kier molecular flexibility index (Phi) is 4.53. The van der Waals surface area contributed by atoms with E-state index in [9.17, 15) is 9.18 Å². The molecule has 19 heavy (non-hydrogen) atoms. The minimum absolute atomic E-state index is 0.230. The van der Waals surface area contributed by atoms with Crippen molar-refractivity contribution in [3.05, 3.63) is 35.6 Å². The molecule has 1 aliphatic rings. The standard InChI is InChI=1S/C15H21FN2O/c16-13-7-5-6-12(10-13)14(19)18-15(11-17)8-3-1-2-4-9-15/h5-7,10H,1-4,8-9,11,17H2,(H,18,19). The predicted octanol–water partition coefficient (Wildman–Crippen LogP) is 2.61. The molecular formula is C15H21FN2O. The first-order chi connectivity index (χ1) is 9.15. The number of carbonyl (C=O) groups is 1. The van der Waals surface area contributed by atoms with Crippen LogP contribution in [-0.4, -0.2) is 18.0 Å². The highest BCUT2D eigenvalue weighted by atomic mass is 19.1. The van der Waals surface area contributed by atoms with E-state index in [1.165, 1.54) is 25.0 Å². The molecule has 1 aromatic rings. The summed E-state index contributed by atoms with van der Waals surface area (Å²) < 4.78 is 13.1. The van der Waals surface area contributed by atoms with Gasteiger partial charge < -0.3 is 11.1 Å². The Morgan fingerprint density at radius 1 is 1.26 bits per heavy atom. The summed E-state index contributed by atoms with van der Waals surface area (Å²) in [7, 11) is 0. The lowest BCUT2D eigenvalue weighted by Gasteiger charge is -2.32. The quantitative estimate of drug-likeness (QED) is 0.824. The van der Waals surface area contributed by atoms with Crippen molar-refractivity contribution in [1.29, 1.82) is 0 Å². The number of amides is 1. The minimum Gasteiger partial charge on any atom is -0.345 e. The van der Waals surface area contributed by atoms with Gasteiger partial charge in [-0.25, -0.2) is 4.39 Å². The molecule has 0 spiro atoms. The van der Waals surface area contributed by atoms with E-state index >= 15 is 0 Å². The summed E-state index contributed by atoms with van der Waals surface area (Å²) in [6, 6.07) is 5.77. The Morgan fingerprint density at radius 2 is 1.95 bits per heavy atom. The van der Waals surface area contributed by atoms with E-state index in [0.717, 1.165) is 25.7 Å². The lowest BCUT2D eigenvalue weighted by atomic mass is 9.90. The van der Waals surface area contributed by atoms with Crippen LogP contribution in [0.4, 0.5) is 4.39 Å². The second kappa shape index (κ2) is 6.15. The summed E-state index contributed by atoms with van der Waals surface area (Å²) in [4.78, 5) is 12.2. The van der Waals surface area contributed by atoms with Crippen LogP contribution in [0.25, 0.3) is 0 Å². The van der Waals surface area contributed by atoms with Gasteiger partial charge in [-0.1, -0.05) is 31.7 Å². The van der Waals surface area contributed by atoms with Crippen molar-refractivity contribution in [1.82, 2.24) is 5.32 Å². The molecule has 0 saturated heterocycles. The molecule has 1 aromatic carbocycles. The summed E-state index contributed by atoms with van der Waals surface area (Å²) in [6.07, 6.45) is 6.37. The van der Waals surface area contributed by atoms with Crippen molar-refractivity contribution in [2.24, 2.45) is 5.73 Å². The number of nitrogens with one attached hydrogen (secondary N) is 1. The maximum absolute atomic E-state index is 13.1. The number of hydrogen-bond donors (Lipinski definition) is 2. The largest absolute Gasteiger partial charge is 0.345 e. The molecule has 0 aliphatic heterocycles. The normalized spacial score (nSPS) is 18.6. The van der Waals surface area contributed by atoms with E-state index in [-0.39, 0.29) is 11.4 Å². The molecule has 0 aromatic heterocycles. The van der Waals surface area contributed by atoms with Crippen molar-refractivity contribution >= 4 is 5.91 Å². The highest BCUT2D eigenvalue weighted by Crippen LogP contribution is 2.26. The van der Waals surface area contributed by atoms with Gasteiger partial charge in [0.15, 0.2) is 0 Å². The maximum atomic E-state index is 13.1. The topological polar surface area (TPSA) is 55.1 Å². The van der Waals surface area contributed by atoms with Gasteiger partial charge in [0, 0.05) is 12.1 Å². The number of carbonyl (C=O) groups excluding carboxylic acids is 1. The average Bonchev–Trinajstić information content (AvgIpc) is 2.65. The summed E-state index contributed by atoms with van der Waals surface area (Å²) >= 11 is 0. The van der Waals surface area contributed by atoms with Crippen LogP contribution in [0.3, 0.4) is 0 Å². The zero-order valence-corrected chi connectivity index (χ0v) is 11.1. The van der Waals surface area contributed by atoms with E-state index in [4.69, 9.17) is 5.73 Å². The van der Waals surface area contributed by atoms with E-state index in [2.05, 4.69) is 5.32 Å². The van der Waals surface area contributed by atoms with Gasteiger partial charge in [-0.2, -0.15) is 0 Å². The predicted molar refractivity (Wildman–Crippen MR) is 73.4 cm³/mol. The number of benzene rings is 1. The van der Waals surface area contributed by atoms with E-state index < -0.39 is 5.82 Å². The van der Waals surface area contributed by atoms with E-state index in [0.29, 0.717) is 12.1 Å². The minimum atomic E-state index is -0.393. The molecule has 1 aliphatic carbocycles. The van der Waals surface area contributed by atoms with Gasteiger partial charge in [0.2, 0.25) is 0 Å². The number of halogens is 1. The Morgan fingerprint density at radius 3 is 2.53 bits per heavy atom. The van der Waals surface area contributed by atoms with Gasteiger partial charge >= 0.3 is 0 Å². The lowest BCUT2D eigenvalue weighted by Crippen LogP contribution is -2.53. The van der Waals surface area contributed by atoms with E-state index in [1.807, 2.05) is 0 Å². The summed E-state index contributed by atoms with van der Waals surface area (Å²) in [5.74, 6) is -0.623. The molecule has 3 N–H and O–H groups in total. The Bertz CT molecular complexity index is 440. The van der Waals surface area contributed by atoms with Gasteiger partial charge in [0.05, 0.1) is 5.54 Å². The van der Waals surface area contributed by atoms with Gasteiger partial charge in [-0.3, -0.25) is 4.79 Å². The first-order valence-corrected chi connectivity index (χ1v) is 6.93. The zero-order valence-electron chi connectivity index (χ0n) is 11.1. The van der Waals surface area contributed by atoms with Crippen LogP contribution in [-0.2, 0) is 0 Å². The van der Waals surface area contributed by atoms with Crippen molar-refractivity contribution in [2.45, 2.75) is 44.1 Å². The van der Waals surface area contributed by atoms with Crippen LogP contribution < -0.4 is 11.1 Å². The fraction of sp³-hybridized carbons (Fsp3) is 0.533. The van der Waals surface area contributed by atoms with Crippen molar-refractivity contribution in [2.75, 3.05) is 6.54 Å². The third kappa shape index (κ3) is 3.53. The second-order valence-electron chi connectivity index (χ2n) is 5.36. The SMILES string of the molecule is NCC1(NC(=O)c2cccc(F)c2)CCCCCC1. The first kappa shape index (κ1) is 14.0. The molecule has 0 radical (unpaired) electrons. The van der Waals surface area contributed by atoms with Crippen molar-refractivity contribution in [3.63, 3.8) is 0 Å². The Balaban J connectivity index is 2.11. The lowest BCUT2D eigenvalue weighted by molar-refractivity contribution is 0.0890. The molecule has 0 atom stereocenters. The smallest absolute Gasteiger partial charge is 0.251 e. The fourth-order valence-electron chi connectivity index (χ4n) is 2.73. The molecule has 1 fully saturated rings. The third-order valence-electron chi connectivity index (χ3n) is 3.92. The van der Waals surface area contributed by atoms with Crippen molar-refractivity contribution in [3.8, 4) is 0 Å². The Hall–Kier alpha value is -1.42. The van der Waals surface area contributed by atoms with Gasteiger partial charge in [-0.15, -0.1) is 0 Å². The van der Waals surface area contributed by atoms with Gasteiger partial charge in [-0.05, 0) is 31.0 Å². The van der Waals surface area contributed by atoms with Crippen LogP contribution in [0.1, 0.15) is 48.9 Å². The monoisotopic (exact) mass is 264 g/mol. The van der Waals surface area contributed by atoms with Crippen LogP contribution in [0.5, 0.6) is 0 Å². The summed E-state index contributed by atoms with van der Waals surface area (Å²) in [5.41, 5.74) is 5.91. The number of rotatable bonds is 3. The van der Waals surface area contributed by atoms with Crippen LogP contribution in [0.2, 0.25) is 0 Å². The zero-order chi connectivity index (χ0) is 13.7. The maximum Gasteiger partial charge on any atom is 0.251 e. The van der Waals surface area contributed by atoms with Crippen molar-refractivity contribution < 1.29 is 9.18 Å². The number of hydrogen-bond acceptors (Lipinski definition) is 2.